The molecule has 102 valence electrons. The van der Waals surface area contributed by atoms with Crippen molar-refractivity contribution in [3.05, 3.63) is 28.2 Å². The molecule has 0 fully saturated rings. The number of rotatable bonds is 6. The van der Waals surface area contributed by atoms with E-state index in [1.54, 1.807) is 19.2 Å². The molecule has 4 nitrogen and oxygen atoms in total. The number of amides is 1. The average Bonchev–Trinajstić information content (AvgIpc) is 2.35. The number of hydrogen-bond acceptors (Lipinski definition) is 3. The van der Waals surface area contributed by atoms with E-state index in [0.29, 0.717) is 17.9 Å². The summed E-state index contributed by atoms with van der Waals surface area (Å²) >= 11 is 3.35. The van der Waals surface area contributed by atoms with Crippen LogP contribution in [0.5, 0.6) is 5.75 Å². The zero-order valence-electron chi connectivity index (χ0n) is 10.5. The van der Waals surface area contributed by atoms with Gasteiger partial charge in [0.25, 0.3) is 5.91 Å². The Labute approximate surface area is 122 Å². The Hall–Kier alpha value is -0.780. The Morgan fingerprint density at radius 2 is 2.11 bits per heavy atom. The van der Waals surface area contributed by atoms with E-state index in [0.717, 1.165) is 17.4 Å². The van der Waals surface area contributed by atoms with Crippen molar-refractivity contribution < 1.29 is 9.53 Å². The van der Waals surface area contributed by atoms with Crippen LogP contribution >= 0.6 is 28.3 Å². The fourth-order valence-electron chi connectivity index (χ4n) is 1.37. The molecule has 0 saturated carbocycles. The van der Waals surface area contributed by atoms with Gasteiger partial charge in [0.2, 0.25) is 0 Å². The minimum absolute atomic E-state index is 0. The fourth-order valence-corrected chi connectivity index (χ4v) is 1.79. The third-order valence-corrected chi connectivity index (χ3v) is 3.00. The molecule has 1 rings (SSSR count). The van der Waals surface area contributed by atoms with Gasteiger partial charge in [-0.1, -0.05) is 0 Å². The minimum atomic E-state index is -0.0909. The lowest BCUT2D eigenvalue weighted by Crippen LogP contribution is -2.26. The summed E-state index contributed by atoms with van der Waals surface area (Å²) in [4.78, 5) is 11.9. The summed E-state index contributed by atoms with van der Waals surface area (Å²) in [6, 6.07) is 5.33. The number of carbonyl (C=O) groups excluding carboxylic acids is 1. The van der Waals surface area contributed by atoms with Crippen molar-refractivity contribution in [3.8, 4) is 5.75 Å². The smallest absolute Gasteiger partial charge is 0.252 e. The standard InChI is InChI=1S/C12H17BrN2O2.ClH/c1-14-6-3-7-15-12(16)10-8-9(17-2)4-5-11(10)13;/h4-5,8,14H,3,6-7H2,1-2H3,(H,15,16);1H. The van der Waals surface area contributed by atoms with Crippen molar-refractivity contribution in [2.24, 2.45) is 0 Å². The third kappa shape index (κ3) is 5.25. The van der Waals surface area contributed by atoms with E-state index < -0.39 is 0 Å². The molecule has 0 unspecified atom stereocenters. The Morgan fingerprint density at radius 1 is 1.39 bits per heavy atom. The lowest BCUT2D eigenvalue weighted by Gasteiger charge is -2.08. The number of halogens is 2. The molecule has 0 aromatic heterocycles. The number of benzene rings is 1. The summed E-state index contributed by atoms with van der Waals surface area (Å²) in [6.07, 6.45) is 0.907. The zero-order valence-corrected chi connectivity index (χ0v) is 12.9. The molecule has 1 amide bonds. The number of ether oxygens (including phenoxy) is 1. The Morgan fingerprint density at radius 3 is 2.72 bits per heavy atom. The maximum atomic E-state index is 11.9. The van der Waals surface area contributed by atoms with Crippen LogP contribution < -0.4 is 15.4 Å². The molecule has 1 aromatic carbocycles. The van der Waals surface area contributed by atoms with E-state index >= 15 is 0 Å². The van der Waals surface area contributed by atoms with Crippen LogP contribution in [0.1, 0.15) is 16.8 Å². The summed E-state index contributed by atoms with van der Waals surface area (Å²) < 4.78 is 5.86. The van der Waals surface area contributed by atoms with Gasteiger partial charge in [-0.15, -0.1) is 12.4 Å². The highest BCUT2D eigenvalue weighted by molar-refractivity contribution is 9.10. The molecule has 0 aliphatic carbocycles. The van der Waals surface area contributed by atoms with Gasteiger partial charge in [0, 0.05) is 11.0 Å². The van der Waals surface area contributed by atoms with E-state index in [-0.39, 0.29) is 18.3 Å². The maximum Gasteiger partial charge on any atom is 0.252 e. The average molecular weight is 338 g/mol. The second-order valence-electron chi connectivity index (χ2n) is 3.56. The van der Waals surface area contributed by atoms with Gasteiger partial charge in [0.15, 0.2) is 0 Å². The molecule has 0 atom stereocenters. The topological polar surface area (TPSA) is 50.4 Å². The first-order valence-corrected chi connectivity index (χ1v) is 6.24. The van der Waals surface area contributed by atoms with Crippen LogP contribution in [-0.4, -0.2) is 33.2 Å². The first kappa shape index (κ1) is 17.2. The normalized spacial score (nSPS) is 9.50. The lowest BCUT2D eigenvalue weighted by atomic mass is 10.2. The van der Waals surface area contributed by atoms with Gasteiger partial charge >= 0.3 is 0 Å². The molecular formula is C12H18BrClN2O2. The zero-order chi connectivity index (χ0) is 12.7. The summed E-state index contributed by atoms with van der Waals surface area (Å²) in [5.41, 5.74) is 0.591. The lowest BCUT2D eigenvalue weighted by molar-refractivity contribution is 0.0952. The molecule has 18 heavy (non-hydrogen) atoms. The first-order valence-electron chi connectivity index (χ1n) is 5.45. The van der Waals surface area contributed by atoms with E-state index in [1.165, 1.54) is 0 Å². The van der Waals surface area contributed by atoms with Gasteiger partial charge in [-0.3, -0.25) is 4.79 Å². The van der Waals surface area contributed by atoms with Crippen molar-refractivity contribution in [1.82, 2.24) is 10.6 Å². The third-order valence-electron chi connectivity index (χ3n) is 2.31. The van der Waals surface area contributed by atoms with Gasteiger partial charge < -0.3 is 15.4 Å². The van der Waals surface area contributed by atoms with Crippen molar-refractivity contribution >= 4 is 34.2 Å². The predicted octanol–water partition coefficient (Wildman–Crippen LogP) is 2.22. The quantitative estimate of drug-likeness (QED) is 0.783. The van der Waals surface area contributed by atoms with Gasteiger partial charge in [-0.05, 0) is 54.1 Å². The molecule has 0 heterocycles. The van der Waals surface area contributed by atoms with Crippen molar-refractivity contribution in [2.45, 2.75) is 6.42 Å². The summed E-state index contributed by atoms with van der Waals surface area (Å²) in [5, 5.41) is 5.89. The minimum Gasteiger partial charge on any atom is -0.497 e. The van der Waals surface area contributed by atoms with Crippen LogP contribution in [0.4, 0.5) is 0 Å². The molecule has 6 heteroatoms. The van der Waals surface area contributed by atoms with Gasteiger partial charge in [-0.25, -0.2) is 0 Å². The van der Waals surface area contributed by atoms with Crippen LogP contribution in [0.2, 0.25) is 0 Å². The van der Waals surface area contributed by atoms with E-state index in [2.05, 4.69) is 26.6 Å². The predicted molar refractivity (Wildman–Crippen MR) is 78.8 cm³/mol. The van der Waals surface area contributed by atoms with Crippen LogP contribution in [-0.2, 0) is 0 Å². The monoisotopic (exact) mass is 336 g/mol. The van der Waals surface area contributed by atoms with Gasteiger partial charge in [0.1, 0.15) is 5.75 Å². The molecule has 0 aliphatic heterocycles. The molecule has 0 radical (unpaired) electrons. The summed E-state index contributed by atoms with van der Waals surface area (Å²) in [6.45, 7) is 1.54. The molecule has 1 aromatic rings. The Bertz CT molecular complexity index is 388. The van der Waals surface area contributed by atoms with Crippen molar-refractivity contribution in [1.29, 1.82) is 0 Å². The summed E-state index contributed by atoms with van der Waals surface area (Å²) in [5.74, 6) is 0.584. The number of carbonyl (C=O) groups is 1. The van der Waals surface area contributed by atoms with Crippen LogP contribution in [0, 0.1) is 0 Å². The second-order valence-corrected chi connectivity index (χ2v) is 4.41. The highest BCUT2D eigenvalue weighted by Crippen LogP contribution is 2.22. The van der Waals surface area contributed by atoms with Crippen molar-refractivity contribution in [2.75, 3.05) is 27.2 Å². The number of nitrogens with one attached hydrogen (secondary N) is 2. The van der Waals surface area contributed by atoms with Crippen LogP contribution in [0.15, 0.2) is 22.7 Å². The largest absolute Gasteiger partial charge is 0.497 e. The number of methoxy groups -OCH3 is 1. The van der Waals surface area contributed by atoms with Crippen LogP contribution in [0.3, 0.4) is 0 Å². The molecule has 0 saturated heterocycles. The Kier molecular flexibility index (Phi) is 8.79. The molecule has 0 aliphatic rings. The van der Waals surface area contributed by atoms with E-state index in [4.69, 9.17) is 4.74 Å². The molecule has 2 N–H and O–H groups in total. The SMILES string of the molecule is CNCCCNC(=O)c1cc(OC)ccc1Br.Cl. The second kappa shape index (κ2) is 9.19. The van der Waals surface area contributed by atoms with Gasteiger partial charge in [-0.2, -0.15) is 0 Å². The van der Waals surface area contributed by atoms with Gasteiger partial charge in [0.05, 0.1) is 12.7 Å². The molecule has 0 bridgehead atoms. The van der Waals surface area contributed by atoms with Crippen LogP contribution in [0.25, 0.3) is 0 Å². The highest BCUT2D eigenvalue weighted by Gasteiger charge is 2.10. The fraction of sp³-hybridized carbons (Fsp3) is 0.417. The maximum absolute atomic E-state index is 11.9. The first-order chi connectivity index (χ1) is 8.19. The molecule has 0 spiro atoms. The molecular weight excluding hydrogens is 320 g/mol. The van der Waals surface area contributed by atoms with E-state index in [1.807, 2.05) is 13.1 Å². The number of hydrogen-bond donors (Lipinski definition) is 2. The van der Waals surface area contributed by atoms with E-state index in [9.17, 15) is 4.79 Å². The van der Waals surface area contributed by atoms with Crippen molar-refractivity contribution in [3.63, 3.8) is 0 Å². The summed E-state index contributed by atoms with van der Waals surface area (Å²) in [7, 11) is 3.47. The highest BCUT2D eigenvalue weighted by atomic mass is 79.9. The Balaban J connectivity index is 0.00000289.